The van der Waals surface area contributed by atoms with Gasteiger partial charge in [0.15, 0.2) is 0 Å². The Morgan fingerprint density at radius 3 is 2.93 bits per heavy atom. The molecular weight excluding hydrogens is 174 g/mol. The molecule has 0 radical (unpaired) electrons. The van der Waals surface area contributed by atoms with Crippen LogP contribution in [0.4, 0.5) is 0 Å². The minimum absolute atomic E-state index is 0.558. The van der Waals surface area contributed by atoms with Crippen molar-refractivity contribution in [1.82, 2.24) is 0 Å². The molecule has 1 N–H and O–H groups in total. The Balaban J connectivity index is 1.95. The van der Waals surface area contributed by atoms with E-state index >= 15 is 0 Å². The Hall–Kier alpha value is -0.790. The molecule has 3 aliphatic rings. The minimum Gasteiger partial charge on any atom is -0.411 e. The molecule has 4 atom stereocenters. The molecule has 14 heavy (non-hydrogen) atoms. The summed E-state index contributed by atoms with van der Waals surface area (Å²) in [7, 11) is 0. The van der Waals surface area contributed by atoms with Gasteiger partial charge in [-0.25, -0.2) is 0 Å². The van der Waals surface area contributed by atoms with Crippen LogP contribution in [-0.2, 0) is 0 Å². The lowest BCUT2D eigenvalue weighted by atomic mass is 9.71. The summed E-state index contributed by atoms with van der Waals surface area (Å²) in [5.41, 5.74) is 1.07. The van der Waals surface area contributed by atoms with Crippen molar-refractivity contribution in [2.24, 2.45) is 28.8 Å². The molecule has 0 aromatic carbocycles. The van der Waals surface area contributed by atoms with E-state index in [2.05, 4.69) is 17.3 Å². The predicted octanol–water partition coefficient (Wildman–Crippen LogP) is 2.83. The van der Waals surface area contributed by atoms with Crippen molar-refractivity contribution in [1.29, 1.82) is 0 Å². The van der Waals surface area contributed by atoms with E-state index < -0.39 is 0 Å². The SMILES string of the molecule is ON=C1CCCC2CC1C1C=CC2C1. The molecule has 4 bridgehead atoms. The van der Waals surface area contributed by atoms with Crippen molar-refractivity contribution < 1.29 is 5.21 Å². The number of hydrogen-bond acceptors (Lipinski definition) is 2. The van der Waals surface area contributed by atoms with Crippen LogP contribution < -0.4 is 0 Å². The quantitative estimate of drug-likeness (QED) is 0.356. The molecular formula is C12H17NO. The van der Waals surface area contributed by atoms with E-state index in [-0.39, 0.29) is 0 Å². The molecule has 3 rings (SSSR count). The topological polar surface area (TPSA) is 32.6 Å². The summed E-state index contributed by atoms with van der Waals surface area (Å²) in [5.74, 6) is 2.95. The summed E-state index contributed by atoms with van der Waals surface area (Å²) < 4.78 is 0. The van der Waals surface area contributed by atoms with Gasteiger partial charge >= 0.3 is 0 Å². The minimum atomic E-state index is 0.558. The first kappa shape index (κ1) is 8.51. The van der Waals surface area contributed by atoms with Crippen LogP contribution in [0.2, 0.25) is 0 Å². The first-order valence-corrected chi connectivity index (χ1v) is 5.77. The maximum Gasteiger partial charge on any atom is 0.0607 e. The molecule has 0 aromatic rings. The monoisotopic (exact) mass is 191 g/mol. The summed E-state index contributed by atoms with van der Waals surface area (Å²) in [4.78, 5) is 0. The summed E-state index contributed by atoms with van der Waals surface area (Å²) in [6, 6.07) is 0. The van der Waals surface area contributed by atoms with Crippen molar-refractivity contribution in [3.8, 4) is 0 Å². The maximum absolute atomic E-state index is 9.02. The lowest BCUT2D eigenvalue weighted by Crippen LogP contribution is -2.29. The van der Waals surface area contributed by atoms with Crippen molar-refractivity contribution in [3.05, 3.63) is 12.2 Å². The second kappa shape index (κ2) is 3.11. The zero-order chi connectivity index (χ0) is 9.54. The standard InChI is InChI=1S/C12H17NO/c14-13-12-3-1-2-8-7-11(12)10-5-4-9(8)6-10/h4-5,8-11,14H,1-3,6-7H2. The fraction of sp³-hybridized carbons (Fsp3) is 0.750. The van der Waals surface area contributed by atoms with Gasteiger partial charge in [-0.3, -0.25) is 0 Å². The molecule has 2 heteroatoms. The van der Waals surface area contributed by atoms with Crippen LogP contribution in [0.3, 0.4) is 0 Å². The van der Waals surface area contributed by atoms with Crippen LogP contribution in [0.15, 0.2) is 17.3 Å². The average molecular weight is 191 g/mol. The molecule has 2 saturated carbocycles. The van der Waals surface area contributed by atoms with E-state index in [0.29, 0.717) is 11.8 Å². The molecule has 3 aliphatic carbocycles. The second-order valence-corrected chi connectivity index (χ2v) is 5.03. The van der Waals surface area contributed by atoms with Gasteiger partial charge in [0.25, 0.3) is 0 Å². The van der Waals surface area contributed by atoms with Crippen molar-refractivity contribution in [2.45, 2.75) is 32.1 Å². The number of hydrogen-bond donors (Lipinski definition) is 1. The van der Waals surface area contributed by atoms with Crippen molar-refractivity contribution in [2.75, 3.05) is 0 Å². The van der Waals surface area contributed by atoms with Crippen LogP contribution in [0.25, 0.3) is 0 Å². The Kier molecular flexibility index (Phi) is 1.89. The average Bonchev–Trinajstić information content (AvgIpc) is 2.54. The van der Waals surface area contributed by atoms with E-state index in [9.17, 15) is 0 Å². The third-order valence-electron chi connectivity index (χ3n) is 4.39. The number of oxime groups is 1. The summed E-state index contributed by atoms with van der Waals surface area (Å²) in [6.45, 7) is 0. The normalized spacial score (nSPS) is 48.1. The third-order valence-corrected chi connectivity index (χ3v) is 4.39. The summed E-state index contributed by atoms with van der Waals surface area (Å²) >= 11 is 0. The highest BCUT2D eigenvalue weighted by Crippen LogP contribution is 2.48. The van der Waals surface area contributed by atoms with Gasteiger partial charge in [0, 0.05) is 5.92 Å². The molecule has 2 nitrogen and oxygen atoms in total. The largest absolute Gasteiger partial charge is 0.411 e. The Morgan fingerprint density at radius 2 is 2.07 bits per heavy atom. The van der Waals surface area contributed by atoms with Crippen LogP contribution in [-0.4, -0.2) is 10.9 Å². The fourth-order valence-electron chi connectivity index (χ4n) is 3.65. The molecule has 0 heterocycles. The van der Waals surface area contributed by atoms with E-state index in [0.717, 1.165) is 24.0 Å². The highest BCUT2D eigenvalue weighted by molar-refractivity contribution is 5.87. The van der Waals surface area contributed by atoms with Gasteiger partial charge in [-0.1, -0.05) is 17.3 Å². The van der Waals surface area contributed by atoms with Gasteiger partial charge in [-0.15, -0.1) is 0 Å². The molecule has 0 aromatic heterocycles. The zero-order valence-electron chi connectivity index (χ0n) is 8.39. The van der Waals surface area contributed by atoms with Crippen LogP contribution in [0.1, 0.15) is 32.1 Å². The Bertz CT molecular complexity index is 295. The van der Waals surface area contributed by atoms with Crippen LogP contribution in [0, 0.1) is 23.7 Å². The highest BCUT2D eigenvalue weighted by Gasteiger charge is 2.41. The van der Waals surface area contributed by atoms with E-state index in [1.54, 1.807) is 0 Å². The molecule has 0 aliphatic heterocycles. The lowest BCUT2D eigenvalue weighted by Gasteiger charge is -2.33. The molecule has 4 unspecified atom stereocenters. The number of fused-ring (bicyclic) bond motifs is 6. The van der Waals surface area contributed by atoms with Gasteiger partial charge < -0.3 is 5.21 Å². The van der Waals surface area contributed by atoms with E-state index in [1.165, 1.54) is 25.7 Å². The number of nitrogens with zero attached hydrogens (tertiary/aromatic N) is 1. The molecule has 0 amide bonds. The summed E-state index contributed by atoms with van der Waals surface area (Å²) in [6.07, 6.45) is 10.9. The molecule has 76 valence electrons. The Labute approximate surface area is 84.7 Å². The van der Waals surface area contributed by atoms with E-state index in [4.69, 9.17) is 5.21 Å². The smallest absolute Gasteiger partial charge is 0.0607 e. The first-order valence-electron chi connectivity index (χ1n) is 5.77. The third kappa shape index (κ3) is 1.13. The van der Waals surface area contributed by atoms with Crippen molar-refractivity contribution >= 4 is 5.71 Å². The molecule has 0 saturated heterocycles. The van der Waals surface area contributed by atoms with E-state index in [1.807, 2.05) is 0 Å². The highest BCUT2D eigenvalue weighted by atomic mass is 16.4. The Morgan fingerprint density at radius 1 is 1.21 bits per heavy atom. The lowest BCUT2D eigenvalue weighted by molar-refractivity contribution is 0.221. The van der Waals surface area contributed by atoms with Gasteiger partial charge in [0.05, 0.1) is 5.71 Å². The molecule has 2 fully saturated rings. The predicted molar refractivity (Wildman–Crippen MR) is 55.4 cm³/mol. The van der Waals surface area contributed by atoms with Gasteiger partial charge in [0.2, 0.25) is 0 Å². The van der Waals surface area contributed by atoms with Crippen molar-refractivity contribution in [3.63, 3.8) is 0 Å². The van der Waals surface area contributed by atoms with Gasteiger partial charge in [-0.2, -0.15) is 0 Å². The fourth-order valence-corrected chi connectivity index (χ4v) is 3.65. The van der Waals surface area contributed by atoms with Crippen LogP contribution >= 0.6 is 0 Å². The summed E-state index contributed by atoms with van der Waals surface area (Å²) in [5, 5.41) is 12.5. The second-order valence-electron chi connectivity index (χ2n) is 5.03. The van der Waals surface area contributed by atoms with Gasteiger partial charge in [0.1, 0.15) is 0 Å². The first-order chi connectivity index (χ1) is 6.88. The van der Waals surface area contributed by atoms with Gasteiger partial charge in [-0.05, 0) is 49.9 Å². The number of allylic oxidation sites excluding steroid dienone is 2. The zero-order valence-corrected chi connectivity index (χ0v) is 8.39. The van der Waals surface area contributed by atoms with Crippen LogP contribution in [0.5, 0.6) is 0 Å². The molecule has 0 spiro atoms. The maximum atomic E-state index is 9.02. The number of rotatable bonds is 0.